The van der Waals surface area contributed by atoms with Crippen LogP contribution < -0.4 is 5.22 Å². The molecular weight excluding hydrogens is 647 g/mol. The fourth-order valence-corrected chi connectivity index (χ4v) is 5.69. The molecule has 4 aromatic heterocycles. The summed E-state index contributed by atoms with van der Waals surface area (Å²) in [5, 5.41) is 16.2. The second kappa shape index (κ2) is 13.0. The van der Waals surface area contributed by atoms with Crippen LogP contribution in [0.3, 0.4) is 0 Å². The van der Waals surface area contributed by atoms with Crippen molar-refractivity contribution in [3.05, 3.63) is 50.8 Å². The molecule has 1 unspecified atom stereocenters. The monoisotopic (exact) mass is 672 g/mol. The van der Waals surface area contributed by atoms with Gasteiger partial charge in [0.15, 0.2) is 17.2 Å². The molecule has 1 atom stereocenters. The van der Waals surface area contributed by atoms with Crippen LogP contribution in [0.5, 0.6) is 0 Å². The Balaban J connectivity index is 1.64. The van der Waals surface area contributed by atoms with Crippen LogP contribution in [-0.2, 0) is 4.74 Å². The van der Waals surface area contributed by atoms with Crippen LogP contribution in [-0.4, -0.2) is 55.8 Å². The van der Waals surface area contributed by atoms with Gasteiger partial charge in [-0.2, -0.15) is 49.1 Å². The molecular formula is C27H25F9N4O2S2. The molecule has 4 heterocycles. The van der Waals surface area contributed by atoms with E-state index < -0.39 is 48.9 Å². The number of fused-ring (bicyclic) bond motifs is 1. The zero-order valence-corrected chi connectivity index (χ0v) is 24.5. The summed E-state index contributed by atoms with van der Waals surface area (Å²) in [4.78, 5) is 14.7. The maximum absolute atomic E-state index is 14.3. The first-order valence-electron chi connectivity index (χ1n) is 13.4. The van der Waals surface area contributed by atoms with E-state index in [0.717, 1.165) is 6.42 Å². The predicted molar refractivity (Wildman–Crippen MR) is 145 cm³/mol. The minimum Gasteiger partial charge on any atom is -0.458 e. The van der Waals surface area contributed by atoms with Gasteiger partial charge in [-0.25, -0.2) is 4.79 Å². The van der Waals surface area contributed by atoms with E-state index in [-0.39, 0.29) is 29.4 Å². The molecule has 0 saturated heterocycles. The van der Waals surface area contributed by atoms with Crippen LogP contribution in [0.15, 0.2) is 35.0 Å². The fourth-order valence-electron chi connectivity index (χ4n) is 4.34. The van der Waals surface area contributed by atoms with Crippen molar-refractivity contribution in [3.8, 4) is 10.7 Å². The molecule has 0 radical (unpaired) electrons. The van der Waals surface area contributed by atoms with Crippen molar-refractivity contribution in [2.24, 2.45) is 0 Å². The average Bonchev–Trinajstić information content (AvgIpc) is 3.75. The first-order valence-corrected chi connectivity index (χ1v) is 15.1. The van der Waals surface area contributed by atoms with Crippen LogP contribution in [0.25, 0.3) is 22.4 Å². The van der Waals surface area contributed by atoms with Crippen molar-refractivity contribution in [3.63, 3.8) is 0 Å². The highest BCUT2D eigenvalue weighted by Crippen LogP contribution is 2.54. The van der Waals surface area contributed by atoms with E-state index in [1.165, 1.54) is 27.2 Å². The highest BCUT2D eigenvalue weighted by atomic mass is 32.1. The lowest BCUT2D eigenvalue weighted by atomic mass is 9.96. The number of aromatic nitrogens is 4. The molecule has 0 amide bonds. The summed E-state index contributed by atoms with van der Waals surface area (Å²) in [5.74, 6) is -20.4. The largest absolute Gasteiger partial charge is 0.460 e. The fraction of sp³-hybridized carbons (Fsp3) is 0.481. The Hall–Kier alpha value is -3.21. The number of rotatable bonds is 14. The number of thiophene rings is 2. The van der Waals surface area contributed by atoms with Gasteiger partial charge in [0.1, 0.15) is 6.10 Å². The molecule has 0 saturated carbocycles. The van der Waals surface area contributed by atoms with Gasteiger partial charge in [0.05, 0.1) is 10.1 Å². The van der Waals surface area contributed by atoms with E-state index >= 15 is 0 Å². The Morgan fingerprint density at radius 1 is 0.932 bits per heavy atom. The quantitative estimate of drug-likeness (QED) is 0.0768. The van der Waals surface area contributed by atoms with Gasteiger partial charge >= 0.3 is 29.9 Å². The van der Waals surface area contributed by atoms with Gasteiger partial charge in [-0.1, -0.05) is 38.3 Å². The number of unbranched alkanes of at least 4 members (excludes halogenated alkanes) is 3. The zero-order chi connectivity index (χ0) is 32.3. The Morgan fingerprint density at radius 3 is 2.25 bits per heavy atom. The normalized spacial score (nSPS) is 14.5. The van der Waals surface area contributed by atoms with E-state index in [4.69, 9.17) is 4.74 Å². The van der Waals surface area contributed by atoms with Crippen LogP contribution in [0.1, 0.15) is 67.2 Å². The summed E-state index contributed by atoms with van der Waals surface area (Å²) >= 11 is 2.63. The average molecular weight is 673 g/mol. The number of ether oxygens (including phenoxy) is 1. The maximum Gasteiger partial charge on any atom is 0.460 e. The Morgan fingerprint density at radius 2 is 1.64 bits per heavy atom. The van der Waals surface area contributed by atoms with Gasteiger partial charge in [0, 0.05) is 11.3 Å². The number of esters is 1. The smallest absolute Gasteiger partial charge is 0.458 e. The summed E-state index contributed by atoms with van der Waals surface area (Å²) in [7, 11) is 0. The van der Waals surface area contributed by atoms with Gasteiger partial charge in [0.25, 0.3) is 0 Å². The van der Waals surface area contributed by atoms with Gasteiger partial charge in [-0.05, 0) is 48.2 Å². The van der Waals surface area contributed by atoms with E-state index in [1.807, 2.05) is 6.92 Å². The number of alkyl halides is 9. The summed E-state index contributed by atoms with van der Waals surface area (Å²) in [5.41, 5.74) is -0.144. The molecule has 0 fully saturated rings. The molecule has 6 nitrogen and oxygen atoms in total. The summed E-state index contributed by atoms with van der Waals surface area (Å²) in [6, 6.07) is 6.97. The molecule has 4 rings (SSSR count). The molecule has 0 bridgehead atoms. The number of carbonyl (C=O) groups is 1. The van der Waals surface area contributed by atoms with Gasteiger partial charge in [0.2, 0.25) is 0 Å². The number of hydrogen-bond acceptors (Lipinski definition) is 7. The number of halogens is 9. The van der Waals surface area contributed by atoms with E-state index in [2.05, 4.69) is 15.3 Å². The van der Waals surface area contributed by atoms with E-state index in [0.29, 0.717) is 28.4 Å². The van der Waals surface area contributed by atoms with Crippen LogP contribution in [0.4, 0.5) is 39.5 Å². The third kappa shape index (κ3) is 6.72. The van der Waals surface area contributed by atoms with Gasteiger partial charge in [-0.15, -0.1) is 32.9 Å². The number of hydrogen-bond donors (Lipinski definition) is 0. The highest BCUT2D eigenvalue weighted by molar-refractivity contribution is 7.13. The van der Waals surface area contributed by atoms with Crippen molar-refractivity contribution in [2.45, 2.75) is 81.9 Å². The molecule has 0 aromatic carbocycles. The Kier molecular flexibility index (Phi) is 9.97. The molecule has 0 aliphatic rings. The third-order valence-corrected chi connectivity index (χ3v) is 8.43. The minimum absolute atomic E-state index is 0.132. The third-order valence-electron chi connectivity index (χ3n) is 6.74. The Bertz CT molecular complexity index is 1590. The van der Waals surface area contributed by atoms with Crippen molar-refractivity contribution in [1.29, 1.82) is 0 Å². The predicted octanol–water partition coefficient (Wildman–Crippen LogP) is 8.21. The standard InChI is InChI=1S/C27H25F9N4O2S2/c1-2-3-4-5-8-16(11-12-24(28,29)25(30,31)26(32,33)27(34,35)36)42-23(41)20-18(15-17-9-6-13-43-17)21-37-38-22(40(21)39-20)19-10-7-14-44-19/h6-7,9-10,13-16H,2-5,8,11-12H2,1H3. The van der Waals surface area contributed by atoms with Crippen molar-refractivity contribution < 1.29 is 49.0 Å². The molecule has 4 aromatic rings. The molecule has 0 spiro atoms. The lowest BCUT2D eigenvalue weighted by molar-refractivity contribution is -0.397. The SMILES string of the molecule is CCCCCCC(CCC(F)(F)C(F)(F)C(F)(F)C(F)(F)F)OC(=O)c1nn2c(-c3cccs3)nnc2c1=Cc1cccs1. The van der Waals surface area contributed by atoms with Crippen molar-refractivity contribution >= 4 is 40.4 Å². The van der Waals surface area contributed by atoms with E-state index in [1.54, 1.807) is 41.1 Å². The first-order chi connectivity index (χ1) is 20.6. The molecule has 17 heteroatoms. The molecule has 0 aliphatic carbocycles. The van der Waals surface area contributed by atoms with Crippen molar-refractivity contribution in [2.75, 3.05) is 0 Å². The summed E-state index contributed by atoms with van der Waals surface area (Å²) in [6.45, 7) is 1.88. The summed E-state index contributed by atoms with van der Waals surface area (Å²) in [6.07, 6.45) is -7.92. The summed E-state index contributed by atoms with van der Waals surface area (Å²) < 4.78 is 128. The molecule has 0 aliphatic heterocycles. The van der Waals surface area contributed by atoms with Crippen LogP contribution in [0, 0.1) is 0 Å². The second-order valence-corrected chi connectivity index (χ2v) is 11.9. The molecule has 0 N–H and O–H groups in total. The number of nitrogens with zero attached hydrogens (tertiary/aromatic N) is 4. The lowest BCUT2D eigenvalue weighted by Gasteiger charge is -2.34. The lowest BCUT2D eigenvalue weighted by Crippen LogP contribution is -2.60. The maximum atomic E-state index is 14.3. The van der Waals surface area contributed by atoms with Crippen LogP contribution in [0.2, 0.25) is 0 Å². The topological polar surface area (TPSA) is 69.4 Å². The van der Waals surface area contributed by atoms with Crippen molar-refractivity contribution in [1.82, 2.24) is 19.8 Å². The second-order valence-electron chi connectivity index (χ2n) is 9.92. The van der Waals surface area contributed by atoms with Crippen LogP contribution >= 0.6 is 22.7 Å². The Labute approximate surface area is 252 Å². The minimum atomic E-state index is -6.99. The number of carbonyl (C=O) groups excluding carboxylic acids is 1. The molecule has 240 valence electrons. The van der Waals surface area contributed by atoms with Gasteiger partial charge < -0.3 is 4.74 Å². The molecule has 44 heavy (non-hydrogen) atoms. The van der Waals surface area contributed by atoms with E-state index in [9.17, 15) is 44.3 Å². The first kappa shape index (κ1) is 33.7. The highest BCUT2D eigenvalue weighted by Gasteiger charge is 2.81. The zero-order valence-electron chi connectivity index (χ0n) is 22.9. The van der Waals surface area contributed by atoms with Gasteiger partial charge in [-0.3, -0.25) is 0 Å².